The topological polar surface area (TPSA) is 6.48 Å². The van der Waals surface area contributed by atoms with Gasteiger partial charge in [-0.2, -0.15) is 0 Å². The molecule has 3 heterocycles. The maximum Gasteiger partial charge on any atom is 0.252 e. The van der Waals surface area contributed by atoms with E-state index >= 15 is 0 Å². The van der Waals surface area contributed by atoms with Gasteiger partial charge in [0, 0.05) is 54.7 Å². The highest BCUT2D eigenvalue weighted by atomic mass is 32.1. The third kappa shape index (κ3) is 6.26. The van der Waals surface area contributed by atoms with Crippen LogP contribution in [0.3, 0.4) is 0 Å². The second kappa shape index (κ2) is 14.8. The summed E-state index contributed by atoms with van der Waals surface area (Å²) >= 11 is 1.95. The maximum atomic E-state index is 2.78. The molecule has 1 atom stereocenters. The maximum absolute atomic E-state index is 2.78. The second-order valence-corrected chi connectivity index (χ2v) is 28.1. The number of nitrogens with zero attached hydrogens (tertiary/aromatic N) is 2. The van der Waals surface area contributed by atoms with Crippen LogP contribution < -0.4 is 26.2 Å². The van der Waals surface area contributed by atoms with Gasteiger partial charge in [-0.15, -0.1) is 11.3 Å². The van der Waals surface area contributed by atoms with Crippen LogP contribution in [0.5, 0.6) is 0 Å². The Bertz CT molecular complexity index is 3660. The van der Waals surface area contributed by atoms with Gasteiger partial charge in [0.1, 0.15) is 0 Å². The predicted octanol–water partition coefficient (Wildman–Crippen LogP) is 17.2. The molecule has 0 saturated carbocycles. The molecular formula is C68H73BN2S. The van der Waals surface area contributed by atoms with Crippen LogP contribution in [0.1, 0.15) is 184 Å². The summed E-state index contributed by atoms with van der Waals surface area (Å²) in [5.41, 5.74) is 26.3. The minimum Gasteiger partial charge on any atom is -0.311 e. The molecule has 8 aromatic rings. The van der Waals surface area contributed by atoms with E-state index in [1.807, 2.05) is 11.3 Å². The number of hydrogen-bond donors (Lipinski definition) is 0. The number of fused-ring (bicyclic) bond motifs is 11. The monoisotopic (exact) mass is 961 g/mol. The summed E-state index contributed by atoms with van der Waals surface area (Å²) in [6.07, 6.45) is 4.76. The molecule has 0 fully saturated rings. The van der Waals surface area contributed by atoms with Crippen LogP contribution in [0.15, 0.2) is 115 Å². The van der Waals surface area contributed by atoms with Crippen molar-refractivity contribution in [3.63, 3.8) is 0 Å². The zero-order chi connectivity index (χ0) is 50.6. The molecule has 72 heavy (non-hydrogen) atoms. The molecule has 0 saturated heterocycles. The molecule has 0 spiro atoms. The van der Waals surface area contributed by atoms with Crippen LogP contribution in [-0.4, -0.2) is 6.71 Å². The van der Waals surface area contributed by atoms with Crippen LogP contribution in [0.25, 0.3) is 20.2 Å². The van der Waals surface area contributed by atoms with Crippen LogP contribution in [-0.2, 0) is 32.5 Å². The molecule has 364 valence electrons. The molecular weight excluding hydrogens is 888 g/mol. The molecule has 0 radical (unpaired) electrons. The van der Waals surface area contributed by atoms with E-state index in [9.17, 15) is 0 Å². The lowest BCUT2D eigenvalue weighted by atomic mass is 9.32. The third-order valence-electron chi connectivity index (χ3n) is 19.4. The SMILES string of the molecule is Cc1cc2c(cc1N1c3cc4c(cc3B3c5cc6c(cc5N(c5cccc7c5sc5ccccc57)c5cc(C(C)(C)C)cc1c53)C(C)(C)CCC6(C)C)C(C)(C)c1ccccc1C4(C)C)C(C)(C)CCC2C. The average Bonchev–Trinajstić information content (AvgIpc) is 3.72. The number of aryl methyl sites for hydroxylation is 1. The zero-order valence-corrected chi connectivity index (χ0v) is 46.6. The minimum absolute atomic E-state index is 0.00467. The van der Waals surface area contributed by atoms with Crippen molar-refractivity contribution >= 4 is 88.7 Å². The van der Waals surface area contributed by atoms with E-state index in [1.165, 1.54) is 152 Å². The largest absolute Gasteiger partial charge is 0.311 e. The first-order chi connectivity index (χ1) is 33.9. The van der Waals surface area contributed by atoms with Crippen molar-refractivity contribution in [3.05, 3.63) is 171 Å². The molecule has 5 aliphatic rings. The number of rotatable bonds is 2. The fraction of sp³-hybridized carbons (Fsp3) is 0.382. The quantitative estimate of drug-likeness (QED) is 0.159. The van der Waals surface area contributed by atoms with Crippen LogP contribution >= 0.6 is 11.3 Å². The Balaban J connectivity index is 1.21. The third-order valence-corrected chi connectivity index (χ3v) is 20.6. The fourth-order valence-corrected chi connectivity index (χ4v) is 15.9. The van der Waals surface area contributed by atoms with Gasteiger partial charge in [-0.1, -0.05) is 170 Å². The highest BCUT2D eigenvalue weighted by molar-refractivity contribution is 7.26. The Morgan fingerprint density at radius 3 is 1.65 bits per heavy atom. The number of benzene rings is 7. The lowest BCUT2D eigenvalue weighted by Gasteiger charge is -2.50. The van der Waals surface area contributed by atoms with Gasteiger partial charge in [0.25, 0.3) is 6.71 Å². The van der Waals surface area contributed by atoms with E-state index < -0.39 is 0 Å². The molecule has 0 amide bonds. The van der Waals surface area contributed by atoms with Gasteiger partial charge in [-0.05, 0) is 175 Å². The average molecular weight is 961 g/mol. The van der Waals surface area contributed by atoms with E-state index in [-0.39, 0.29) is 39.2 Å². The van der Waals surface area contributed by atoms with Crippen molar-refractivity contribution in [1.29, 1.82) is 0 Å². The van der Waals surface area contributed by atoms with E-state index in [0.29, 0.717) is 5.92 Å². The molecule has 2 nitrogen and oxygen atoms in total. The Kier molecular flexibility index (Phi) is 9.51. The molecule has 1 unspecified atom stereocenters. The first-order valence-electron chi connectivity index (χ1n) is 27.2. The smallest absolute Gasteiger partial charge is 0.252 e. The van der Waals surface area contributed by atoms with Gasteiger partial charge in [0.2, 0.25) is 0 Å². The van der Waals surface area contributed by atoms with Crippen molar-refractivity contribution in [2.45, 2.75) is 168 Å². The van der Waals surface area contributed by atoms with Crippen LogP contribution in [0, 0.1) is 6.92 Å². The fourth-order valence-electron chi connectivity index (χ4n) is 14.7. The van der Waals surface area contributed by atoms with Gasteiger partial charge in [-0.25, -0.2) is 0 Å². The second-order valence-electron chi connectivity index (χ2n) is 27.1. The summed E-state index contributed by atoms with van der Waals surface area (Å²) in [6.45, 7) is 37.1. The molecule has 0 bridgehead atoms. The Labute approximate surface area is 435 Å². The first-order valence-corrected chi connectivity index (χ1v) is 28.0. The zero-order valence-electron chi connectivity index (χ0n) is 45.8. The van der Waals surface area contributed by atoms with Gasteiger partial charge < -0.3 is 9.80 Å². The Hall–Kier alpha value is -5.58. The summed E-state index contributed by atoms with van der Waals surface area (Å²) in [6, 6.07) is 46.8. The van der Waals surface area contributed by atoms with Crippen molar-refractivity contribution < 1.29 is 0 Å². The summed E-state index contributed by atoms with van der Waals surface area (Å²) < 4.78 is 2.69. The molecule has 2 aliphatic heterocycles. The minimum atomic E-state index is -0.206. The van der Waals surface area contributed by atoms with Gasteiger partial charge >= 0.3 is 0 Å². The normalized spacial score (nSPS) is 20.3. The molecule has 4 heteroatoms. The van der Waals surface area contributed by atoms with Gasteiger partial charge in [0.05, 0.1) is 10.4 Å². The highest BCUT2D eigenvalue weighted by Crippen LogP contribution is 2.56. The molecule has 1 aromatic heterocycles. The summed E-state index contributed by atoms with van der Waals surface area (Å²) in [5, 5.41) is 2.67. The molecule has 7 aromatic carbocycles. The van der Waals surface area contributed by atoms with E-state index in [0.717, 1.165) is 0 Å². The predicted molar refractivity (Wildman–Crippen MR) is 313 cm³/mol. The lowest BCUT2D eigenvalue weighted by molar-refractivity contribution is 0.332. The van der Waals surface area contributed by atoms with E-state index in [1.54, 1.807) is 0 Å². The Morgan fingerprint density at radius 2 is 1.01 bits per heavy atom. The van der Waals surface area contributed by atoms with Crippen molar-refractivity contribution in [1.82, 2.24) is 0 Å². The summed E-state index contributed by atoms with van der Waals surface area (Å²) in [7, 11) is 0. The lowest BCUT2D eigenvalue weighted by Crippen LogP contribution is -2.62. The van der Waals surface area contributed by atoms with Crippen molar-refractivity contribution in [3.8, 4) is 0 Å². The van der Waals surface area contributed by atoms with E-state index in [2.05, 4.69) is 229 Å². The molecule has 3 aliphatic carbocycles. The van der Waals surface area contributed by atoms with Crippen molar-refractivity contribution in [2.75, 3.05) is 9.80 Å². The van der Waals surface area contributed by atoms with Crippen LogP contribution in [0.4, 0.5) is 34.1 Å². The standard InChI is InChI=1S/C68H73BN2S/c1-39-27-28-64(6,7)47-36-55(40(2)31-44(39)47)71-57-38-51-50(67(12,13)45-23-17-18-24-46(45)68(51,14)15)35-53(57)69-52-34-48-49(66(10,11)30-29-65(48,8)9)37-56(52)70(58-32-41(63(3,4)5)33-59(71)61(58)69)54-25-20-22-43-42-21-16-19-26-60(42)72-62(43)54/h16-26,31-39H,27-30H2,1-15H3. The van der Waals surface area contributed by atoms with Crippen LogP contribution in [0.2, 0.25) is 0 Å². The summed E-state index contributed by atoms with van der Waals surface area (Å²) in [5.74, 6) is 0.535. The molecule has 0 N–H and O–H groups in total. The number of thiophene rings is 1. The highest BCUT2D eigenvalue weighted by Gasteiger charge is 2.50. The van der Waals surface area contributed by atoms with E-state index in [4.69, 9.17) is 0 Å². The first kappa shape index (κ1) is 46.2. The number of anilines is 6. The summed E-state index contributed by atoms with van der Waals surface area (Å²) in [4.78, 5) is 5.54. The van der Waals surface area contributed by atoms with Gasteiger partial charge in [0.15, 0.2) is 0 Å². The molecule has 13 rings (SSSR count). The van der Waals surface area contributed by atoms with Gasteiger partial charge in [-0.3, -0.25) is 0 Å². The number of hydrogen-bond acceptors (Lipinski definition) is 3. The Morgan fingerprint density at radius 1 is 0.500 bits per heavy atom. The van der Waals surface area contributed by atoms with Crippen molar-refractivity contribution in [2.24, 2.45) is 0 Å².